The van der Waals surface area contributed by atoms with Gasteiger partial charge in [0.2, 0.25) is 15.9 Å². The number of nitrogens with two attached hydrogens (primary N) is 1. The predicted molar refractivity (Wildman–Crippen MR) is 64.9 cm³/mol. The van der Waals surface area contributed by atoms with Crippen LogP contribution in [0.3, 0.4) is 0 Å². The Hall–Kier alpha value is -0.920. The zero-order chi connectivity index (χ0) is 12.2. The first-order valence-corrected chi connectivity index (χ1v) is 7.09. The number of hydrogen-bond donors (Lipinski definition) is 2. The molecule has 1 aromatic rings. The molecule has 3 N–H and O–H groups in total. The Labute approximate surface area is 102 Å². The van der Waals surface area contributed by atoms with Gasteiger partial charge in [-0.3, -0.25) is 4.79 Å². The summed E-state index contributed by atoms with van der Waals surface area (Å²) in [5.41, 5.74) is 0.414. The van der Waals surface area contributed by atoms with Gasteiger partial charge in [-0.05, 0) is 18.2 Å². The van der Waals surface area contributed by atoms with Crippen molar-refractivity contribution in [2.75, 3.05) is 10.6 Å². The van der Waals surface area contributed by atoms with E-state index in [9.17, 15) is 13.2 Å². The Kier molecular flexibility index (Phi) is 4.45. The largest absolute Gasteiger partial charge is 0.326 e. The molecule has 0 heterocycles. The summed E-state index contributed by atoms with van der Waals surface area (Å²) in [7, 11) is -3.73. The molecule has 0 spiro atoms. The summed E-state index contributed by atoms with van der Waals surface area (Å²) in [6, 6.07) is 5.81. The van der Waals surface area contributed by atoms with Crippen molar-refractivity contribution in [2.45, 2.75) is 11.3 Å². The van der Waals surface area contributed by atoms with E-state index >= 15 is 0 Å². The second-order valence-corrected chi connectivity index (χ2v) is 5.41. The van der Waals surface area contributed by atoms with Gasteiger partial charge in [-0.25, -0.2) is 13.6 Å². The third-order valence-electron chi connectivity index (χ3n) is 1.77. The fraction of sp³-hybridized carbons (Fsp3) is 0.222. The van der Waals surface area contributed by atoms with Gasteiger partial charge < -0.3 is 5.32 Å². The first-order valence-electron chi connectivity index (χ1n) is 4.42. The van der Waals surface area contributed by atoms with Gasteiger partial charge in [-0.2, -0.15) is 0 Å². The quantitative estimate of drug-likeness (QED) is 0.815. The van der Waals surface area contributed by atoms with Crippen LogP contribution in [0.25, 0.3) is 0 Å². The SMILES string of the molecule is NS(=O)(=O)c1cccc(NC(=O)CCBr)c1. The van der Waals surface area contributed by atoms with E-state index in [0.29, 0.717) is 17.4 Å². The highest BCUT2D eigenvalue weighted by molar-refractivity contribution is 9.09. The summed E-state index contributed by atoms with van der Waals surface area (Å²) in [6.45, 7) is 0. The van der Waals surface area contributed by atoms with Gasteiger partial charge in [0.15, 0.2) is 0 Å². The average molecular weight is 307 g/mol. The van der Waals surface area contributed by atoms with Gasteiger partial charge in [0.1, 0.15) is 0 Å². The number of amides is 1. The minimum Gasteiger partial charge on any atom is -0.326 e. The smallest absolute Gasteiger partial charge is 0.238 e. The third kappa shape index (κ3) is 3.92. The lowest BCUT2D eigenvalue weighted by atomic mass is 10.3. The van der Waals surface area contributed by atoms with Crippen molar-refractivity contribution in [1.82, 2.24) is 0 Å². The van der Waals surface area contributed by atoms with Gasteiger partial charge in [0, 0.05) is 17.4 Å². The predicted octanol–water partition coefficient (Wildman–Crippen LogP) is 1.06. The Morgan fingerprint density at radius 1 is 1.44 bits per heavy atom. The van der Waals surface area contributed by atoms with Crippen LogP contribution in [-0.2, 0) is 14.8 Å². The molecule has 88 valence electrons. The number of carbonyl (C=O) groups excluding carboxylic acids is 1. The summed E-state index contributed by atoms with van der Waals surface area (Å²) < 4.78 is 22.1. The number of benzene rings is 1. The summed E-state index contributed by atoms with van der Waals surface area (Å²) in [6.07, 6.45) is 0.319. The monoisotopic (exact) mass is 306 g/mol. The van der Waals surface area contributed by atoms with E-state index < -0.39 is 10.0 Å². The Morgan fingerprint density at radius 2 is 2.12 bits per heavy atom. The molecule has 0 aliphatic heterocycles. The van der Waals surface area contributed by atoms with E-state index in [1.807, 2.05) is 0 Å². The maximum atomic E-state index is 11.3. The van der Waals surface area contributed by atoms with Crippen LogP contribution in [0.15, 0.2) is 29.2 Å². The summed E-state index contributed by atoms with van der Waals surface area (Å²) in [5, 5.41) is 8.08. The lowest BCUT2D eigenvalue weighted by Crippen LogP contribution is -2.14. The van der Waals surface area contributed by atoms with Crippen molar-refractivity contribution in [1.29, 1.82) is 0 Å². The van der Waals surface area contributed by atoms with Crippen molar-refractivity contribution in [3.8, 4) is 0 Å². The first-order chi connectivity index (χ1) is 7.43. The van der Waals surface area contributed by atoms with Crippen LogP contribution in [0.4, 0.5) is 5.69 Å². The molecule has 1 amide bonds. The van der Waals surface area contributed by atoms with Crippen molar-refractivity contribution >= 4 is 37.5 Å². The van der Waals surface area contributed by atoms with Crippen LogP contribution >= 0.6 is 15.9 Å². The van der Waals surface area contributed by atoms with E-state index in [-0.39, 0.29) is 10.8 Å². The van der Waals surface area contributed by atoms with Crippen LogP contribution in [-0.4, -0.2) is 19.7 Å². The van der Waals surface area contributed by atoms with Crippen LogP contribution in [0.5, 0.6) is 0 Å². The maximum absolute atomic E-state index is 11.3. The average Bonchev–Trinajstić information content (AvgIpc) is 2.17. The molecule has 0 aromatic heterocycles. The highest BCUT2D eigenvalue weighted by Crippen LogP contribution is 2.14. The van der Waals surface area contributed by atoms with Crippen molar-refractivity contribution in [3.05, 3.63) is 24.3 Å². The minimum atomic E-state index is -3.73. The molecule has 0 fully saturated rings. The minimum absolute atomic E-state index is 0.0239. The Balaban J connectivity index is 2.88. The van der Waals surface area contributed by atoms with Crippen molar-refractivity contribution < 1.29 is 13.2 Å². The number of halogens is 1. The molecule has 0 atom stereocenters. The van der Waals surface area contributed by atoms with Gasteiger partial charge in [-0.15, -0.1) is 0 Å². The number of sulfonamides is 1. The number of hydrogen-bond acceptors (Lipinski definition) is 3. The molecule has 5 nitrogen and oxygen atoms in total. The molecule has 0 unspecified atom stereocenters. The zero-order valence-corrected chi connectivity index (χ0v) is 10.7. The van der Waals surface area contributed by atoms with E-state index in [0.717, 1.165) is 0 Å². The van der Waals surface area contributed by atoms with E-state index in [2.05, 4.69) is 21.2 Å². The molecular formula is C9H11BrN2O3S. The molecule has 0 radical (unpaired) electrons. The van der Waals surface area contributed by atoms with E-state index in [1.54, 1.807) is 6.07 Å². The first kappa shape index (κ1) is 13.1. The maximum Gasteiger partial charge on any atom is 0.238 e. The summed E-state index contributed by atoms with van der Waals surface area (Å²) in [5.74, 6) is -0.191. The molecule has 1 rings (SSSR count). The normalized spacial score (nSPS) is 11.1. The number of nitrogens with one attached hydrogen (secondary N) is 1. The Bertz CT molecular complexity index is 487. The fourth-order valence-electron chi connectivity index (χ4n) is 1.06. The molecular weight excluding hydrogens is 296 g/mol. The second-order valence-electron chi connectivity index (χ2n) is 3.06. The standard InChI is InChI=1S/C9H11BrN2O3S/c10-5-4-9(13)12-7-2-1-3-8(6-7)16(11,14)15/h1-3,6H,4-5H2,(H,12,13)(H2,11,14,15). The van der Waals surface area contributed by atoms with Crippen LogP contribution in [0.2, 0.25) is 0 Å². The van der Waals surface area contributed by atoms with Crippen LogP contribution in [0.1, 0.15) is 6.42 Å². The third-order valence-corrected chi connectivity index (χ3v) is 3.08. The molecule has 7 heteroatoms. The lowest BCUT2D eigenvalue weighted by Gasteiger charge is -2.05. The number of anilines is 1. The highest BCUT2D eigenvalue weighted by Gasteiger charge is 2.08. The van der Waals surface area contributed by atoms with Crippen molar-refractivity contribution in [3.63, 3.8) is 0 Å². The van der Waals surface area contributed by atoms with Gasteiger partial charge in [-0.1, -0.05) is 22.0 Å². The van der Waals surface area contributed by atoms with Crippen LogP contribution < -0.4 is 10.5 Å². The van der Waals surface area contributed by atoms with Gasteiger partial charge in [0.05, 0.1) is 4.90 Å². The lowest BCUT2D eigenvalue weighted by molar-refractivity contribution is -0.115. The van der Waals surface area contributed by atoms with E-state index in [4.69, 9.17) is 5.14 Å². The van der Waals surface area contributed by atoms with E-state index in [1.165, 1.54) is 18.2 Å². The Morgan fingerprint density at radius 3 is 2.69 bits per heavy atom. The second kappa shape index (κ2) is 5.42. The molecule has 0 aliphatic rings. The topological polar surface area (TPSA) is 89.3 Å². The molecule has 0 saturated carbocycles. The molecule has 0 saturated heterocycles. The molecule has 0 aliphatic carbocycles. The fourth-order valence-corrected chi connectivity index (χ4v) is 1.98. The van der Waals surface area contributed by atoms with Gasteiger partial charge >= 0.3 is 0 Å². The highest BCUT2D eigenvalue weighted by atomic mass is 79.9. The van der Waals surface area contributed by atoms with Crippen molar-refractivity contribution in [2.24, 2.45) is 5.14 Å². The summed E-state index contributed by atoms with van der Waals surface area (Å²) >= 11 is 3.13. The summed E-state index contributed by atoms with van der Waals surface area (Å²) in [4.78, 5) is 11.2. The number of alkyl halides is 1. The number of carbonyl (C=O) groups is 1. The number of primary sulfonamides is 1. The zero-order valence-electron chi connectivity index (χ0n) is 8.31. The van der Waals surface area contributed by atoms with Gasteiger partial charge in [0.25, 0.3) is 0 Å². The molecule has 0 bridgehead atoms. The van der Waals surface area contributed by atoms with Crippen LogP contribution in [0, 0.1) is 0 Å². The molecule has 1 aromatic carbocycles. The molecule has 16 heavy (non-hydrogen) atoms. The number of rotatable bonds is 4.